The molecular formula is C17H21NO4. The molecule has 1 aromatic carbocycles. The van der Waals surface area contributed by atoms with E-state index in [1.807, 2.05) is 0 Å². The topological polar surface area (TPSA) is 74.7 Å². The standard InChI is InChI=1S/C17H21NO4/c1-6-13(19)10-7-8-12-11(9-10)16(2,3)14(20)18(12)17(4,5)15(21)22/h7-9H,6H2,1-5H3,(H,21,22). The maximum absolute atomic E-state index is 12.8. The number of carbonyl (C=O) groups is 3. The largest absolute Gasteiger partial charge is 0.480 e. The number of carboxylic acids is 1. The van der Waals surface area contributed by atoms with Crippen molar-refractivity contribution >= 4 is 23.3 Å². The van der Waals surface area contributed by atoms with E-state index in [1.165, 1.54) is 18.7 Å². The number of amides is 1. The number of benzene rings is 1. The van der Waals surface area contributed by atoms with E-state index in [0.29, 0.717) is 23.2 Å². The SMILES string of the molecule is CCC(=O)c1ccc2c(c1)C(C)(C)C(=O)N2C(C)(C)C(=O)O. The smallest absolute Gasteiger partial charge is 0.329 e. The molecule has 118 valence electrons. The Kier molecular flexibility index (Phi) is 3.63. The fourth-order valence-corrected chi connectivity index (χ4v) is 2.76. The molecule has 0 aromatic heterocycles. The molecule has 0 saturated heterocycles. The molecular weight excluding hydrogens is 282 g/mol. The van der Waals surface area contributed by atoms with Crippen LogP contribution in [-0.4, -0.2) is 28.3 Å². The van der Waals surface area contributed by atoms with Crippen molar-refractivity contribution in [1.29, 1.82) is 0 Å². The van der Waals surface area contributed by atoms with Crippen molar-refractivity contribution in [2.45, 2.75) is 52.0 Å². The van der Waals surface area contributed by atoms with Crippen LogP contribution in [0.2, 0.25) is 0 Å². The minimum Gasteiger partial charge on any atom is -0.480 e. The highest BCUT2D eigenvalue weighted by Gasteiger charge is 2.51. The molecule has 1 heterocycles. The zero-order valence-corrected chi connectivity index (χ0v) is 13.6. The summed E-state index contributed by atoms with van der Waals surface area (Å²) in [6.07, 6.45) is 0.386. The van der Waals surface area contributed by atoms with Crippen molar-refractivity contribution in [3.05, 3.63) is 29.3 Å². The molecule has 1 aliphatic heterocycles. The first-order valence-corrected chi connectivity index (χ1v) is 7.31. The first-order valence-electron chi connectivity index (χ1n) is 7.31. The fraction of sp³-hybridized carbons (Fsp3) is 0.471. The van der Waals surface area contributed by atoms with Gasteiger partial charge in [-0.3, -0.25) is 14.5 Å². The average molecular weight is 303 g/mol. The van der Waals surface area contributed by atoms with Crippen LogP contribution >= 0.6 is 0 Å². The third-order valence-electron chi connectivity index (χ3n) is 4.37. The fourth-order valence-electron chi connectivity index (χ4n) is 2.76. The zero-order chi connectivity index (χ0) is 16.9. The summed E-state index contributed by atoms with van der Waals surface area (Å²) in [5.41, 5.74) is -0.389. The van der Waals surface area contributed by atoms with Crippen LogP contribution in [0.15, 0.2) is 18.2 Å². The summed E-state index contributed by atoms with van der Waals surface area (Å²) in [6, 6.07) is 5.05. The van der Waals surface area contributed by atoms with Crippen LogP contribution in [0.25, 0.3) is 0 Å². The highest BCUT2D eigenvalue weighted by Crippen LogP contribution is 2.45. The molecule has 1 aromatic rings. The molecule has 0 aliphatic carbocycles. The second kappa shape index (κ2) is 4.93. The summed E-state index contributed by atoms with van der Waals surface area (Å²) in [4.78, 5) is 37.5. The Balaban J connectivity index is 2.66. The van der Waals surface area contributed by atoms with E-state index < -0.39 is 16.9 Å². The van der Waals surface area contributed by atoms with Gasteiger partial charge in [0.15, 0.2) is 5.78 Å². The third-order valence-corrected chi connectivity index (χ3v) is 4.37. The summed E-state index contributed by atoms with van der Waals surface area (Å²) in [6.45, 7) is 8.30. The lowest BCUT2D eigenvalue weighted by molar-refractivity contribution is -0.144. The van der Waals surface area contributed by atoms with Gasteiger partial charge in [0.2, 0.25) is 5.91 Å². The van der Waals surface area contributed by atoms with E-state index >= 15 is 0 Å². The molecule has 0 spiro atoms. The molecule has 22 heavy (non-hydrogen) atoms. The Bertz CT molecular complexity index is 673. The molecule has 0 atom stereocenters. The lowest BCUT2D eigenvalue weighted by atomic mass is 9.85. The highest BCUT2D eigenvalue weighted by molar-refractivity contribution is 6.12. The molecule has 1 aliphatic rings. The van der Waals surface area contributed by atoms with Crippen molar-refractivity contribution in [1.82, 2.24) is 0 Å². The van der Waals surface area contributed by atoms with Crippen LogP contribution in [0.4, 0.5) is 5.69 Å². The van der Waals surface area contributed by atoms with Gasteiger partial charge in [0.1, 0.15) is 5.54 Å². The van der Waals surface area contributed by atoms with E-state index in [2.05, 4.69) is 0 Å². The van der Waals surface area contributed by atoms with Gasteiger partial charge < -0.3 is 5.11 Å². The molecule has 5 nitrogen and oxygen atoms in total. The molecule has 0 bridgehead atoms. The Morgan fingerprint density at radius 1 is 1.27 bits per heavy atom. The normalized spacial score (nSPS) is 16.6. The number of hydrogen-bond acceptors (Lipinski definition) is 3. The van der Waals surface area contributed by atoms with Gasteiger partial charge in [-0.05, 0) is 51.5 Å². The Labute approximate surface area is 129 Å². The minimum absolute atomic E-state index is 0.00185. The van der Waals surface area contributed by atoms with Crippen LogP contribution < -0.4 is 4.90 Å². The second-order valence-electron chi connectivity index (χ2n) is 6.64. The number of hydrogen-bond donors (Lipinski definition) is 1. The van der Waals surface area contributed by atoms with Crippen LogP contribution in [0.5, 0.6) is 0 Å². The van der Waals surface area contributed by atoms with E-state index in [0.717, 1.165) is 0 Å². The van der Waals surface area contributed by atoms with E-state index in [-0.39, 0.29) is 11.7 Å². The van der Waals surface area contributed by atoms with Crippen molar-refractivity contribution < 1.29 is 19.5 Å². The molecule has 1 N–H and O–H groups in total. The van der Waals surface area contributed by atoms with Crippen molar-refractivity contribution in [2.24, 2.45) is 0 Å². The molecule has 0 fully saturated rings. The lowest BCUT2D eigenvalue weighted by Gasteiger charge is -2.33. The molecule has 0 radical (unpaired) electrons. The number of rotatable bonds is 4. The van der Waals surface area contributed by atoms with E-state index in [9.17, 15) is 19.5 Å². The molecule has 2 rings (SSSR count). The third kappa shape index (κ3) is 2.12. The van der Waals surface area contributed by atoms with Crippen LogP contribution in [0, 0.1) is 0 Å². The monoisotopic (exact) mass is 303 g/mol. The molecule has 5 heteroatoms. The van der Waals surface area contributed by atoms with Crippen LogP contribution in [0.1, 0.15) is 57.0 Å². The summed E-state index contributed by atoms with van der Waals surface area (Å²) in [7, 11) is 0. The van der Waals surface area contributed by atoms with Gasteiger partial charge in [-0.15, -0.1) is 0 Å². The van der Waals surface area contributed by atoms with Crippen molar-refractivity contribution in [2.75, 3.05) is 4.90 Å². The minimum atomic E-state index is -1.35. The average Bonchev–Trinajstić information content (AvgIpc) is 2.65. The maximum Gasteiger partial charge on any atom is 0.329 e. The number of ketones is 1. The summed E-state index contributed by atoms with van der Waals surface area (Å²) < 4.78 is 0. The van der Waals surface area contributed by atoms with Gasteiger partial charge in [-0.2, -0.15) is 0 Å². The summed E-state index contributed by atoms with van der Waals surface area (Å²) in [5, 5.41) is 9.45. The van der Waals surface area contributed by atoms with Crippen LogP contribution in [-0.2, 0) is 15.0 Å². The van der Waals surface area contributed by atoms with Gasteiger partial charge in [0, 0.05) is 17.7 Å². The Hall–Kier alpha value is -2.17. The number of nitrogens with zero attached hydrogens (tertiary/aromatic N) is 1. The summed E-state index contributed by atoms with van der Waals surface area (Å²) in [5.74, 6) is -1.34. The highest BCUT2D eigenvalue weighted by atomic mass is 16.4. The maximum atomic E-state index is 12.8. The molecule has 0 unspecified atom stereocenters. The van der Waals surface area contributed by atoms with Crippen molar-refractivity contribution in [3.8, 4) is 0 Å². The Morgan fingerprint density at radius 3 is 2.36 bits per heavy atom. The van der Waals surface area contributed by atoms with Gasteiger partial charge in [-0.25, -0.2) is 4.79 Å². The number of anilines is 1. The predicted octanol–water partition coefficient (Wildman–Crippen LogP) is 2.77. The summed E-state index contributed by atoms with van der Waals surface area (Å²) >= 11 is 0. The van der Waals surface area contributed by atoms with Crippen LogP contribution in [0.3, 0.4) is 0 Å². The van der Waals surface area contributed by atoms with E-state index in [1.54, 1.807) is 39.0 Å². The molecule has 1 amide bonds. The number of Topliss-reactive ketones (excluding diaryl/α,β-unsaturated/α-hetero) is 1. The zero-order valence-electron chi connectivity index (χ0n) is 13.6. The van der Waals surface area contributed by atoms with Gasteiger partial charge in [0.05, 0.1) is 5.41 Å². The van der Waals surface area contributed by atoms with Gasteiger partial charge >= 0.3 is 5.97 Å². The lowest BCUT2D eigenvalue weighted by Crippen LogP contribution is -2.54. The second-order valence-corrected chi connectivity index (χ2v) is 6.64. The number of carbonyl (C=O) groups excluding carboxylic acids is 2. The number of aliphatic carboxylic acids is 1. The first-order chi connectivity index (χ1) is 10.0. The van der Waals surface area contributed by atoms with Crippen molar-refractivity contribution in [3.63, 3.8) is 0 Å². The predicted molar refractivity (Wildman–Crippen MR) is 83.3 cm³/mol. The van der Waals surface area contributed by atoms with E-state index in [4.69, 9.17) is 0 Å². The van der Waals surface area contributed by atoms with Gasteiger partial charge in [-0.1, -0.05) is 6.92 Å². The Morgan fingerprint density at radius 2 is 1.86 bits per heavy atom. The number of fused-ring (bicyclic) bond motifs is 1. The number of carboxylic acid groups (broad SMARTS) is 1. The quantitative estimate of drug-likeness (QED) is 0.868. The molecule has 0 saturated carbocycles. The van der Waals surface area contributed by atoms with Gasteiger partial charge in [0.25, 0.3) is 0 Å². The first kappa shape index (κ1) is 16.2.